The number of likely N-dealkylation sites (N-methyl/N-ethyl adjacent to an activating group) is 1. The number of para-hydroxylation sites is 1. The molecule has 3 aromatic carbocycles. The number of methoxy groups -OCH3 is 2. The van der Waals surface area contributed by atoms with Crippen LogP contribution in [-0.2, 0) is 4.79 Å². The van der Waals surface area contributed by atoms with Gasteiger partial charge < -0.3 is 24.7 Å². The van der Waals surface area contributed by atoms with Gasteiger partial charge >= 0.3 is 0 Å². The summed E-state index contributed by atoms with van der Waals surface area (Å²) in [5.74, 6) is 0.114. The molecule has 0 saturated heterocycles. The van der Waals surface area contributed by atoms with Gasteiger partial charge in [-0.15, -0.1) is 0 Å². The van der Waals surface area contributed by atoms with Crippen molar-refractivity contribution in [2.24, 2.45) is 0 Å². The van der Waals surface area contributed by atoms with Crippen molar-refractivity contribution in [2.75, 3.05) is 26.6 Å². The summed E-state index contributed by atoms with van der Waals surface area (Å²) in [4.78, 5) is 32.2. The van der Waals surface area contributed by atoms with Crippen molar-refractivity contribution >= 4 is 28.4 Å². The number of hydrogen-bond donors (Lipinski definition) is 2. The molecule has 34 heavy (non-hydrogen) atoms. The van der Waals surface area contributed by atoms with Gasteiger partial charge in [0.2, 0.25) is 5.91 Å². The summed E-state index contributed by atoms with van der Waals surface area (Å²) in [7, 11) is 4.87. The van der Waals surface area contributed by atoms with Crippen LogP contribution in [0.5, 0.6) is 11.5 Å². The van der Waals surface area contributed by atoms with E-state index in [9.17, 15) is 9.59 Å². The molecule has 7 heteroatoms. The van der Waals surface area contributed by atoms with Crippen LogP contribution in [0.3, 0.4) is 0 Å². The maximum atomic E-state index is 13.9. The molecule has 4 aromatic rings. The molecular formula is C27H25N3O4. The van der Waals surface area contributed by atoms with Gasteiger partial charge in [0, 0.05) is 41.3 Å². The van der Waals surface area contributed by atoms with E-state index in [0.29, 0.717) is 28.3 Å². The number of ether oxygens (including phenoxy) is 2. The molecule has 1 aliphatic heterocycles. The predicted octanol–water partition coefficient (Wildman–Crippen LogP) is 4.73. The topological polar surface area (TPSA) is 83.7 Å². The van der Waals surface area contributed by atoms with Gasteiger partial charge in [-0.3, -0.25) is 9.59 Å². The number of aromatic amines is 1. The Labute approximate surface area is 197 Å². The van der Waals surface area contributed by atoms with Gasteiger partial charge in [0.1, 0.15) is 11.5 Å². The average Bonchev–Trinajstić information content (AvgIpc) is 3.29. The van der Waals surface area contributed by atoms with E-state index in [1.807, 2.05) is 48.7 Å². The van der Waals surface area contributed by atoms with Crippen molar-refractivity contribution < 1.29 is 19.1 Å². The van der Waals surface area contributed by atoms with Crippen LogP contribution in [-0.4, -0.2) is 43.0 Å². The molecule has 1 aromatic heterocycles. The molecule has 172 valence electrons. The Hall–Kier alpha value is -4.26. The van der Waals surface area contributed by atoms with Crippen LogP contribution in [0.4, 0.5) is 5.69 Å². The third-order valence-electron chi connectivity index (χ3n) is 6.47. The maximum Gasteiger partial charge on any atom is 0.254 e. The molecule has 2 heterocycles. The molecule has 2 atom stereocenters. The van der Waals surface area contributed by atoms with Crippen LogP contribution in [0.2, 0.25) is 0 Å². The third kappa shape index (κ3) is 3.46. The Kier molecular flexibility index (Phi) is 5.45. The van der Waals surface area contributed by atoms with E-state index in [-0.39, 0.29) is 11.8 Å². The average molecular weight is 456 g/mol. The van der Waals surface area contributed by atoms with Crippen molar-refractivity contribution in [3.63, 3.8) is 0 Å². The predicted molar refractivity (Wildman–Crippen MR) is 130 cm³/mol. The largest absolute Gasteiger partial charge is 0.497 e. The van der Waals surface area contributed by atoms with Crippen molar-refractivity contribution in [2.45, 2.75) is 12.0 Å². The van der Waals surface area contributed by atoms with Crippen LogP contribution in [0, 0.1) is 0 Å². The second-order valence-electron chi connectivity index (χ2n) is 8.27. The Morgan fingerprint density at radius 3 is 2.53 bits per heavy atom. The highest BCUT2D eigenvalue weighted by atomic mass is 16.5. The summed E-state index contributed by atoms with van der Waals surface area (Å²) < 4.78 is 10.8. The van der Waals surface area contributed by atoms with Crippen LogP contribution < -0.4 is 14.8 Å². The first-order valence-electron chi connectivity index (χ1n) is 11.0. The summed E-state index contributed by atoms with van der Waals surface area (Å²) in [6.07, 6.45) is 1.89. The van der Waals surface area contributed by atoms with Crippen LogP contribution >= 0.6 is 0 Å². The minimum Gasteiger partial charge on any atom is -0.497 e. The monoisotopic (exact) mass is 455 g/mol. The minimum atomic E-state index is -0.644. The molecule has 0 spiro atoms. The zero-order chi connectivity index (χ0) is 23.8. The molecule has 0 aliphatic carbocycles. The summed E-state index contributed by atoms with van der Waals surface area (Å²) in [6.45, 7) is 0. The molecule has 5 rings (SSSR count). The number of benzene rings is 3. The highest BCUT2D eigenvalue weighted by molar-refractivity contribution is 6.05. The lowest BCUT2D eigenvalue weighted by Gasteiger charge is -2.39. The van der Waals surface area contributed by atoms with E-state index in [0.717, 1.165) is 16.5 Å². The molecule has 2 amide bonds. The fourth-order valence-electron chi connectivity index (χ4n) is 4.81. The number of aromatic nitrogens is 1. The van der Waals surface area contributed by atoms with E-state index in [2.05, 4.69) is 10.3 Å². The second-order valence-corrected chi connectivity index (χ2v) is 8.27. The fraction of sp³-hybridized carbons (Fsp3) is 0.185. The van der Waals surface area contributed by atoms with Gasteiger partial charge in [-0.25, -0.2) is 0 Å². The highest BCUT2D eigenvalue weighted by Gasteiger charge is 2.43. The first-order valence-corrected chi connectivity index (χ1v) is 11.0. The maximum absolute atomic E-state index is 13.9. The number of nitrogens with one attached hydrogen (secondary N) is 2. The summed E-state index contributed by atoms with van der Waals surface area (Å²) in [5, 5.41) is 4.01. The molecule has 0 radical (unpaired) electrons. The first kappa shape index (κ1) is 21.6. The molecule has 2 N–H and O–H groups in total. The molecule has 0 unspecified atom stereocenters. The normalized spacial score (nSPS) is 17.4. The number of hydrogen-bond acceptors (Lipinski definition) is 4. The number of anilines is 1. The first-order chi connectivity index (χ1) is 16.5. The Bertz CT molecular complexity index is 1390. The van der Waals surface area contributed by atoms with Crippen molar-refractivity contribution in [3.8, 4) is 11.5 Å². The minimum absolute atomic E-state index is 0.117. The molecule has 0 bridgehead atoms. The smallest absolute Gasteiger partial charge is 0.254 e. The highest BCUT2D eigenvalue weighted by Crippen LogP contribution is 2.45. The molecular weight excluding hydrogens is 430 g/mol. The van der Waals surface area contributed by atoms with Gasteiger partial charge in [-0.1, -0.05) is 36.4 Å². The van der Waals surface area contributed by atoms with Gasteiger partial charge in [-0.05, 0) is 29.8 Å². The standard InChI is InChI=1S/C27H25N3O4/c1-30-25(20-15-28-21-11-7-6-8-17(20)21)24(18-9-4-5-10-19(18)27(30)32)26(31)29-22-14-16(33-2)12-13-23(22)34-3/h4-15,24-25,28H,1-3H3,(H,29,31)/t24-,25-/m0/s1. The second kappa shape index (κ2) is 8.59. The number of carbonyl (C=O) groups excluding carboxylic acids is 2. The van der Waals surface area contributed by atoms with Crippen molar-refractivity contribution in [1.82, 2.24) is 9.88 Å². The number of carbonyl (C=O) groups is 2. The van der Waals surface area contributed by atoms with Crippen molar-refractivity contribution in [1.29, 1.82) is 0 Å². The van der Waals surface area contributed by atoms with E-state index in [4.69, 9.17) is 9.47 Å². The third-order valence-corrected chi connectivity index (χ3v) is 6.47. The van der Waals surface area contributed by atoms with Crippen molar-refractivity contribution in [3.05, 3.63) is 89.6 Å². The number of H-pyrrole nitrogens is 1. The van der Waals surface area contributed by atoms with Crippen LogP contribution in [0.25, 0.3) is 10.9 Å². The molecule has 7 nitrogen and oxygen atoms in total. The van der Waals surface area contributed by atoms with Gasteiger partial charge in [0.25, 0.3) is 5.91 Å². The fourth-order valence-corrected chi connectivity index (χ4v) is 4.81. The Morgan fingerprint density at radius 2 is 1.74 bits per heavy atom. The number of nitrogens with zero attached hydrogens (tertiary/aromatic N) is 1. The lowest BCUT2D eigenvalue weighted by atomic mass is 9.79. The lowest BCUT2D eigenvalue weighted by molar-refractivity contribution is -0.119. The van der Waals surface area contributed by atoms with Crippen LogP contribution in [0.15, 0.2) is 72.9 Å². The number of rotatable bonds is 5. The molecule has 0 saturated carbocycles. The lowest BCUT2D eigenvalue weighted by Crippen LogP contribution is -2.44. The zero-order valence-electron chi connectivity index (χ0n) is 19.2. The molecule has 1 aliphatic rings. The Balaban J connectivity index is 1.64. The van der Waals surface area contributed by atoms with Gasteiger partial charge in [-0.2, -0.15) is 0 Å². The Morgan fingerprint density at radius 1 is 0.971 bits per heavy atom. The quantitative estimate of drug-likeness (QED) is 0.456. The van der Waals surface area contributed by atoms with Crippen LogP contribution in [0.1, 0.15) is 33.4 Å². The SMILES string of the molecule is COc1ccc(OC)c(NC(=O)[C@H]2c3ccccc3C(=O)N(C)[C@H]2c2c[nH]c3ccccc23)c1. The van der Waals surface area contributed by atoms with E-state index in [1.165, 1.54) is 0 Å². The van der Waals surface area contributed by atoms with E-state index in [1.54, 1.807) is 50.4 Å². The van der Waals surface area contributed by atoms with E-state index >= 15 is 0 Å². The van der Waals surface area contributed by atoms with E-state index < -0.39 is 12.0 Å². The number of fused-ring (bicyclic) bond motifs is 2. The van der Waals surface area contributed by atoms with Gasteiger partial charge in [0.05, 0.1) is 31.9 Å². The zero-order valence-corrected chi connectivity index (χ0v) is 19.2. The molecule has 0 fully saturated rings. The number of amides is 2. The van der Waals surface area contributed by atoms with Gasteiger partial charge in [0.15, 0.2) is 0 Å². The summed E-state index contributed by atoms with van der Waals surface area (Å²) in [6, 6.07) is 19.9. The summed E-state index contributed by atoms with van der Waals surface area (Å²) >= 11 is 0. The summed E-state index contributed by atoms with van der Waals surface area (Å²) in [5.41, 5.74) is 3.56.